The first-order valence-corrected chi connectivity index (χ1v) is 13.6. The Labute approximate surface area is 198 Å². The summed E-state index contributed by atoms with van der Waals surface area (Å²) in [6, 6.07) is 7.89. The first kappa shape index (κ1) is 23.1. The van der Waals surface area contributed by atoms with Crippen LogP contribution in [0, 0.1) is 17.6 Å². The van der Waals surface area contributed by atoms with Crippen molar-refractivity contribution >= 4 is 21.4 Å². The Morgan fingerprint density at radius 1 is 0.970 bits per heavy atom. The second kappa shape index (κ2) is 9.16. The van der Waals surface area contributed by atoms with Crippen molar-refractivity contribution in [3.63, 3.8) is 0 Å². The van der Waals surface area contributed by atoms with Crippen LogP contribution in [0.1, 0.15) is 50.0 Å². The maximum absolute atomic E-state index is 15.2. The molecule has 2 unspecified atom stereocenters. The lowest BCUT2D eigenvalue weighted by Crippen LogP contribution is -2.50. The predicted octanol–water partition coefficient (Wildman–Crippen LogP) is 5.59. The van der Waals surface area contributed by atoms with E-state index in [1.165, 1.54) is 25.0 Å². The van der Waals surface area contributed by atoms with Crippen LogP contribution < -0.4 is 4.74 Å². The predicted molar refractivity (Wildman–Crippen MR) is 124 cm³/mol. The van der Waals surface area contributed by atoms with E-state index in [4.69, 9.17) is 16.3 Å². The molecule has 2 heterocycles. The van der Waals surface area contributed by atoms with Crippen molar-refractivity contribution in [1.29, 1.82) is 0 Å². The van der Waals surface area contributed by atoms with Crippen molar-refractivity contribution < 1.29 is 21.9 Å². The minimum atomic E-state index is -3.83. The Morgan fingerprint density at radius 2 is 1.67 bits per heavy atom. The summed E-state index contributed by atoms with van der Waals surface area (Å²) in [7, 11) is -3.83. The quantitative estimate of drug-likeness (QED) is 0.554. The van der Waals surface area contributed by atoms with Crippen molar-refractivity contribution in [2.75, 3.05) is 19.7 Å². The zero-order chi connectivity index (χ0) is 23.2. The second-order valence-corrected chi connectivity index (χ2v) is 12.1. The van der Waals surface area contributed by atoms with Crippen molar-refractivity contribution in [1.82, 2.24) is 4.90 Å². The molecule has 2 aromatic carbocycles. The molecule has 0 spiro atoms. The maximum Gasteiger partial charge on any atom is 0.181 e. The molecular formula is C25H28ClF2NO3S. The summed E-state index contributed by atoms with van der Waals surface area (Å²) in [6.45, 7) is 1.71. The van der Waals surface area contributed by atoms with Gasteiger partial charge in [0, 0.05) is 23.0 Å². The maximum atomic E-state index is 15.2. The van der Waals surface area contributed by atoms with Gasteiger partial charge in [0.05, 0.1) is 16.2 Å². The molecule has 178 valence electrons. The van der Waals surface area contributed by atoms with E-state index in [1.807, 2.05) is 0 Å². The Morgan fingerprint density at radius 3 is 2.39 bits per heavy atom. The van der Waals surface area contributed by atoms with E-state index in [9.17, 15) is 12.8 Å². The smallest absolute Gasteiger partial charge is 0.181 e. The molecule has 2 aromatic rings. The van der Waals surface area contributed by atoms with Crippen LogP contribution in [0.25, 0.3) is 0 Å². The van der Waals surface area contributed by atoms with Crippen LogP contribution in [0.15, 0.2) is 41.3 Å². The van der Waals surface area contributed by atoms with E-state index < -0.39 is 32.6 Å². The standard InChI is InChI=1S/C25H28ClF2NO3S/c26-17-7-9-18(10-8-17)33(30,31)22-6-3-13-29(14-16-4-1-2-5-16)21-15-32-25-20(28)12-11-19(27)23(25)24(21)22/h7-12,16,21-22,24H,1-6,13-15H2/t21-,22?,24?/m0/s1. The molecule has 1 saturated carbocycles. The summed E-state index contributed by atoms with van der Waals surface area (Å²) in [4.78, 5) is 2.44. The van der Waals surface area contributed by atoms with Gasteiger partial charge >= 0.3 is 0 Å². The fourth-order valence-corrected chi connectivity index (χ4v) is 8.15. The Kier molecular flexibility index (Phi) is 6.40. The van der Waals surface area contributed by atoms with Gasteiger partial charge in [0.1, 0.15) is 12.4 Å². The van der Waals surface area contributed by atoms with Crippen molar-refractivity contribution in [3.05, 3.63) is 58.6 Å². The number of hydrogen-bond acceptors (Lipinski definition) is 4. The van der Waals surface area contributed by atoms with Gasteiger partial charge in [0.2, 0.25) is 0 Å². The first-order valence-electron chi connectivity index (χ1n) is 11.7. The van der Waals surface area contributed by atoms with Gasteiger partial charge < -0.3 is 4.74 Å². The third-order valence-electron chi connectivity index (χ3n) is 7.55. The highest BCUT2D eigenvalue weighted by atomic mass is 35.5. The zero-order valence-electron chi connectivity index (χ0n) is 18.4. The summed E-state index contributed by atoms with van der Waals surface area (Å²) >= 11 is 5.98. The molecule has 3 aliphatic rings. The van der Waals surface area contributed by atoms with E-state index in [0.29, 0.717) is 23.8 Å². The van der Waals surface area contributed by atoms with Crippen molar-refractivity contribution in [3.8, 4) is 5.75 Å². The largest absolute Gasteiger partial charge is 0.488 e. The molecule has 0 bridgehead atoms. The minimum Gasteiger partial charge on any atom is -0.488 e. The van der Waals surface area contributed by atoms with Crippen LogP contribution in [0.5, 0.6) is 5.75 Å². The molecule has 5 rings (SSSR count). The molecule has 0 N–H and O–H groups in total. The van der Waals surface area contributed by atoms with E-state index in [1.54, 1.807) is 12.1 Å². The number of ether oxygens (including phenoxy) is 1. The van der Waals surface area contributed by atoms with Gasteiger partial charge in [-0.05, 0) is 74.5 Å². The van der Waals surface area contributed by atoms with E-state index in [0.717, 1.165) is 38.1 Å². The number of nitrogens with zero attached hydrogens (tertiary/aromatic N) is 1. The Balaban J connectivity index is 1.60. The third kappa shape index (κ3) is 4.28. The van der Waals surface area contributed by atoms with Gasteiger partial charge in [0.15, 0.2) is 21.4 Å². The van der Waals surface area contributed by atoms with Crippen molar-refractivity contribution in [2.45, 2.75) is 60.6 Å². The number of fused-ring (bicyclic) bond motifs is 3. The number of likely N-dealkylation sites (tertiary alicyclic amines) is 1. The highest BCUT2D eigenvalue weighted by Crippen LogP contribution is 2.47. The molecule has 1 aliphatic carbocycles. The van der Waals surface area contributed by atoms with Crippen LogP contribution in [0.4, 0.5) is 8.78 Å². The summed E-state index contributed by atoms with van der Waals surface area (Å²) < 4.78 is 63.3. The molecule has 1 saturated heterocycles. The van der Waals surface area contributed by atoms with Gasteiger partial charge in [-0.1, -0.05) is 24.4 Å². The van der Waals surface area contributed by atoms with Crippen LogP contribution in [-0.4, -0.2) is 44.3 Å². The molecule has 8 heteroatoms. The monoisotopic (exact) mass is 495 g/mol. The first-order chi connectivity index (χ1) is 15.9. The van der Waals surface area contributed by atoms with Crippen LogP contribution >= 0.6 is 11.6 Å². The number of benzene rings is 2. The fourth-order valence-electron chi connectivity index (χ4n) is 5.98. The molecule has 2 fully saturated rings. The summed E-state index contributed by atoms with van der Waals surface area (Å²) in [5.41, 5.74) is 0.0621. The summed E-state index contributed by atoms with van der Waals surface area (Å²) in [5, 5.41) is -0.434. The molecule has 3 atom stereocenters. The number of hydrogen-bond donors (Lipinski definition) is 0. The second-order valence-electron chi connectivity index (χ2n) is 9.50. The minimum absolute atomic E-state index is 0.0621. The molecule has 0 aromatic heterocycles. The fraction of sp³-hybridized carbons (Fsp3) is 0.520. The number of rotatable bonds is 4. The van der Waals surface area contributed by atoms with E-state index >= 15 is 4.39 Å². The normalized spacial score (nSPS) is 26.3. The van der Waals surface area contributed by atoms with Crippen LogP contribution in [0.3, 0.4) is 0 Å². The molecule has 0 amide bonds. The van der Waals surface area contributed by atoms with Crippen LogP contribution in [-0.2, 0) is 9.84 Å². The van der Waals surface area contributed by atoms with Gasteiger partial charge in [-0.3, -0.25) is 4.90 Å². The number of sulfone groups is 1. The average Bonchev–Trinajstić information content (AvgIpc) is 3.24. The lowest BCUT2D eigenvalue weighted by molar-refractivity contribution is 0.0874. The molecule has 0 radical (unpaired) electrons. The Hall–Kier alpha value is -1.70. The Bertz CT molecular complexity index is 1120. The molecule has 2 aliphatic heterocycles. The lowest BCUT2D eigenvalue weighted by atomic mass is 9.84. The molecule has 4 nitrogen and oxygen atoms in total. The average molecular weight is 496 g/mol. The SMILES string of the molecule is O=S(=O)(c1ccc(Cl)cc1)C1CCCN(CC2CCCC2)[C@H]2COc3c(F)ccc(F)c3C12. The lowest BCUT2D eigenvalue weighted by Gasteiger charge is -2.42. The van der Waals surface area contributed by atoms with Crippen molar-refractivity contribution in [2.24, 2.45) is 5.92 Å². The molecule has 33 heavy (non-hydrogen) atoms. The third-order valence-corrected chi connectivity index (χ3v) is 10.1. The van der Waals surface area contributed by atoms with Gasteiger partial charge in [-0.2, -0.15) is 0 Å². The highest BCUT2D eigenvalue weighted by molar-refractivity contribution is 7.92. The van der Waals surface area contributed by atoms with E-state index in [2.05, 4.69) is 4.90 Å². The summed E-state index contributed by atoms with van der Waals surface area (Å²) in [6.07, 6.45) is 5.77. The van der Waals surface area contributed by atoms with Gasteiger partial charge in [-0.25, -0.2) is 17.2 Å². The topological polar surface area (TPSA) is 46.6 Å². The summed E-state index contributed by atoms with van der Waals surface area (Å²) in [5.74, 6) is -1.57. The molecular weight excluding hydrogens is 468 g/mol. The van der Waals surface area contributed by atoms with Gasteiger partial charge in [0.25, 0.3) is 0 Å². The zero-order valence-corrected chi connectivity index (χ0v) is 19.9. The number of halogens is 3. The van der Waals surface area contributed by atoms with Crippen LogP contribution in [0.2, 0.25) is 5.02 Å². The highest BCUT2D eigenvalue weighted by Gasteiger charge is 2.49. The van der Waals surface area contributed by atoms with Gasteiger partial charge in [-0.15, -0.1) is 0 Å². The van der Waals surface area contributed by atoms with E-state index in [-0.39, 0.29) is 28.9 Å².